The molecule has 0 saturated heterocycles. The summed E-state index contributed by atoms with van der Waals surface area (Å²) in [5, 5.41) is 11.6. The summed E-state index contributed by atoms with van der Waals surface area (Å²) in [5.41, 5.74) is 5.98. The molecule has 0 aromatic heterocycles. The van der Waals surface area contributed by atoms with Crippen molar-refractivity contribution in [3.05, 3.63) is 24.3 Å². The molecule has 0 rings (SSSR count). The molecule has 0 fully saturated rings. The van der Waals surface area contributed by atoms with Gasteiger partial charge in [-0.25, -0.2) is 0 Å². The molecule has 21 heavy (non-hydrogen) atoms. The second-order valence-corrected chi connectivity index (χ2v) is 6.45. The third-order valence-electron chi connectivity index (χ3n) is 3.50. The molecule has 0 aliphatic rings. The Morgan fingerprint density at radius 2 is 1.76 bits per heavy atom. The maximum absolute atomic E-state index is 8.54. The first-order valence-corrected chi connectivity index (χ1v) is 8.26. The molecular formula is C18H34N2O. The van der Waals surface area contributed by atoms with E-state index >= 15 is 0 Å². The Morgan fingerprint density at radius 1 is 1.10 bits per heavy atom. The molecule has 0 bridgehead atoms. The molecule has 1 atom stereocenters. The van der Waals surface area contributed by atoms with Crippen molar-refractivity contribution in [2.75, 3.05) is 0 Å². The van der Waals surface area contributed by atoms with Gasteiger partial charge in [-0.05, 0) is 32.1 Å². The van der Waals surface area contributed by atoms with Gasteiger partial charge in [0.1, 0.15) is 0 Å². The summed E-state index contributed by atoms with van der Waals surface area (Å²) in [4.78, 5) is 0. The van der Waals surface area contributed by atoms with Crippen LogP contribution in [0.15, 0.2) is 29.5 Å². The van der Waals surface area contributed by atoms with Crippen molar-refractivity contribution in [3.8, 4) is 0 Å². The Bertz CT molecular complexity index is 319. The topological polar surface area (TPSA) is 58.6 Å². The van der Waals surface area contributed by atoms with Crippen molar-refractivity contribution in [2.45, 2.75) is 78.2 Å². The van der Waals surface area contributed by atoms with Gasteiger partial charge in [0.15, 0.2) is 0 Å². The average Bonchev–Trinajstić information content (AvgIpc) is 2.42. The van der Waals surface area contributed by atoms with E-state index in [2.05, 4.69) is 50.2 Å². The highest BCUT2D eigenvalue weighted by Gasteiger charge is 2.12. The number of rotatable bonds is 12. The Balaban J connectivity index is 3.64. The minimum Gasteiger partial charge on any atom is -0.411 e. The fraction of sp³-hybridized carbons (Fsp3) is 0.722. The van der Waals surface area contributed by atoms with Crippen LogP contribution in [0.2, 0.25) is 0 Å². The largest absolute Gasteiger partial charge is 0.411 e. The number of oxime groups is 1. The standard InChI is InChI=1S/C18H34N2O/c1-4-5-10-13-17(19)14-11-8-6-7-9-12-15-18(2,3)16-20-21/h8-9,11-12,16-17,21H,4-7,10,13-15,19H2,1-3H3. The molecule has 0 saturated carbocycles. The molecule has 0 spiro atoms. The fourth-order valence-corrected chi connectivity index (χ4v) is 2.07. The van der Waals surface area contributed by atoms with Crippen molar-refractivity contribution < 1.29 is 5.21 Å². The quantitative estimate of drug-likeness (QED) is 0.174. The monoisotopic (exact) mass is 294 g/mol. The molecule has 0 aliphatic heterocycles. The predicted molar refractivity (Wildman–Crippen MR) is 92.9 cm³/mol. The first kappa shape index (κ1) is 19.9. The van der Waals surface area contributed by atoms with Crippen LogP contribution in [0.1, 0.15) is 72.1 Å². The van der Waals surface area contributed by atoms with Gasteiger partial charge in [-0.1, -0.05) is 64.3 Å². The van der Waals surface area contributed by atoms with Crippen LogP contribution in [0.25, 0.3) is 0 Å². The van der Waals surface area contributed by atoms with Crippen molar-refractivity contribution >= 4 is 6.21 Å². The third-order valence-corrected chi connectivity index (χ3v) is 3.50. The Hall–Kier alpha value is -1.09. The average molecular weight is 294 g/mol. The maximum Gasteiger partial charge on any atom is 0.0495 e. The number of nitrogens with zero attached hydrogens (tertiary/aromatic N) is 1. The summed E-state index contributed by atoms with van der Waals surface area (Å²) in [6, 6.07) is 0.321. The van der Waals surface area contributed by atoms with Crippen LogP contribution in [-0.2, 0) is 0 Å². The van der Waals surface area contributed by atoms with Crippen molar-refractivity contribution in [1.29, 1.82) is 0 Å². The Labute approximate surface area is 131 Å². The first-order chi connectivity index (χ1) is 10.0. The van der Waals surface area contributed by atoms with Gasteiger partial charge >= 0.3 is 0 Å². The van der Waals surface area contributed by atoms with Gasteiger partial charge in [0.25, 0.3) is 0 Å². The second kappa shape index (κ2) is 12.6. The zero-order valence-electron chi connectivity index (χ0n) is 14.1. The van der Waals surface area contributed by atoms with E-state index in [4.69, 9.17) is 10.9 Å². The second-order valence-electron chi connectivity index (χ2n) is 6.45. The summed E-state index contributed by atoms with van der Waals surface area (Å²) in [5.74, 6) is 0. The van der Waals surface area contributed by atoms with E-state index < -0.39 is 0 Å². The predicted octanol–water partition coefficient (Wildman–Crippen LogP) is 5.05. The number of hydrogen-bond acceptors (Lipinski definition) is 3. The lowest BCUT2D eigenvalue weighted by Gasteiger charge is -2.14. The highest BCUT2D eigenvalue weighted by atomic mass is 16.4. The van der Waals surface area contributed by atoms with Gasteiger partial charge in [0.2, 0.25) is 0 Å². The van der Waals surface area contributed by atoms with E-state index in [0.717, 1.165) is 32.1 Å². The normalized spacial score (nSPS) is 14.7. The van der Waals surface area contributed by atoms with Crippen LogP contribution < -0.4 is 5.73 Å². The molecule has 122 valence electrons. The lowest BCUT2D eigenvalue weighted by molar-refractivity contribution is 0.313. The molecular weight excluding hydrogens is 260 g/mol. The molecule has 1 unspecified atom stereocenters. The lowest BCUT2D eigenvalue weighted by Crippen LogP contribution is -2.18. The van der Waals surface area contributed by atoms with E-state index in [1.54, 1.807) is 6.21 Å². The van der Waals surface area contributed by atoms with Gasteiger partial charge in [0, 0.05) is 17.7 Å². The summed E-state index contributed by atoms with van der Waals surface area (Å²) in [7, 11) is 0. The van der Waals surface area contributed by atoms with E-state index in [0.29, 0.717) is 6.04 Å². The highest BCUT2D eigenvalue weighted by Crippen LogP contribution is 2.18. The molecule has 3 nitrogen and oxygen atoms in total. The van der Waals surface area contributed by atoms with E-state index in [1.807, 2.05) is 0 Å². The molecule has 3 N–H and O–H groups in total. The van der Waals surface area contributed by atoms with Gasteiger partial charge in [-0.15, -0.1) is 5.16 Å². The Morgan fingerprint density at radius 3 is 2.38 bits per heavy atom. The number of hydrogen-bond donors (Lipinski definition) is 2. The SMILES string of the molecule is CCCCCC(N)CC=CCCC=CCC(C)(C)C=NO. The number of allylic oxidation sites excluding steroid dienone is 3. The minimum absolute atomic E-state index is 0.0770. The lowest BCUT2D eigenvalue weighted by atomic mass is 9.91. The van der Waals surface area contributed by atoms with Crippen molar-refractivity contribution in [2.24, 2.45) is 16.3 Å². The fourth-order valence-electron chi connectivity index (χ4n) is 2.07. The molecule has 3 heteroatoms. The van der Waals surface area contributed by atoms with E-state index in [9.17, 15) is 0 Å². The maximum atomic E-state index is 8.54. The summed E-state index contributed by atoms with van der Waals surface area (Å²) >= 11 is 0. The zero-order valence-corrected chi connectivity index (χ0v) is 14.1. The molecule has 0 amide bonds. The summed E-state index contributed by atoms with van der Waals surface area (Å²) < 4.78 is 0. The van der Waals surface area contributed by atoms with Crippen molar-refractivity contribution in [3.63, 3.8) is 0 Å². The molecule has 0 aromatic rings. The highest BCUT2D eigenvalue weighted by molar-refractivity contribution is 5.64. The molecule has 0 radical (unpaired) electrons. The number of unbranched alkanes of at least 4 members (excludes halogenated alkanes) is 3. The van der Waals surface area contributed by atoms with Crippen LogP contribution in [0, 0.1) is 5.41 Å². The van der Waals surface area contributed by atoms with Gasteiger partial charge < -0.3 is 10.9 Å². The smallest absolute Gasteiger partial charge is 0.0495 e. The molecule has 0 aromatic carbocycles. The number of nitrogens with two attached hydrogens (primary N) is 1. The summed E-state index contributed by atoms with van der Waals surface area (Å²) in [6.45, 7) is 6.32. The minimum atomic E-state index is -0.0770. The van der Waals surface area contributed by atoms with Gasteiger partial charge in [-0.2, -0.15) is 0 Å². The molecule has 0 aliphatic carbocycles. The van der Waals surface area contributed by atoms with E-state index in [-0.39, 0.29) is 5.41 Å². The van der Waals surface area contributed by atoms with Crippen LogP contribution >= 0.6 is 0 Å². The van der Waals surface area contributed by atoms with Crippen LogP contribution in [0.4, 0.5) is 0 Å². The van der Waals surface area contributed by atoms with Crippen LogP contribution in [0.5, 0.6) is 0 Å². The van der Waals surface area contributed by atoms with Gasteiger partial charge in [0.05, 0.1) is 0 Å². The molecule has 0 heterocycles. The summed E-state index contributed by atoms with van der Waals surface area (Å²) in [6.07, 6.45) is 19.3. The Kier molecular flexibility index (Phi) is 12.0. The van der Waals surface area contributed by atoms with Crippen molar-refractivity contribution in [1.82, 2.24) is 0 Å². The van der Waals surface area contributed by atoms with Crippen LogP contribution in [-0.4, -0.2) is 17.5 Å². The zero-order chi connectivity index (χ0) is 16.0. The first-order valence-electron chi connectivity index (χ1n) is 8.26. The van der Waals surface area contributed by atoms with Gasteiger partial charge in [-0.3, -0.25) is 0 Å². The van der Waals surface area contributed by atoms with E-state index in [1.165, 1.54) is 19.3 Å². The van der Waals surface area contributed by atoms with Crippen LogP contribution in [0.3, 0.4) is 0 Å². The third kappa shape index (κ3) is 13.6.